The zero-order valence-electron chi connectivity index (χ0n) is 19.0. The Bertz CT molecular complexity index is 872. The van der Waals surface area contributed by atoms with Gasteiger partial charge in [0, 0.05) is 25.6 Å². The third kappa shape index (κ3) is 6.76. The summed E-state index contributed by atoms with van der Waals surface area (Å²) in [6.45, 7) is 5.68. The standard InChI is InChI=1S/C23H36N4O4S/c1-18(22(28)25-13-10-19-6-8-21(9-7-19)32(24,30)31)26-16-11-20(12-17-26)23(29)27-14-4-2-3-5-15-27/h6-9,18,20H,2-5,10-17H2,1H3,(H,25,28)(H2,24,30,31)/t18-/m1/s1. The summed E-state index contributed by atoms with van der Waals surface area (Å²) in [5.41, 5.74) is 0.929. The van der Waals surface area contributed by atoms with Crippen molar-refractivity contribution < 1.29 is 18.0 Å². The van der Waals surface area contributed by atoms with Gasteiger partial charge in [0.25, 0.3) is 0 Å². The Kier molecular flexibility index (Phi) is 8.67. The Morgan fingerprint density at radius 3 is 2.19 bits per heavy atom. The van der Waals surface area contributed by atoms with E-state index in [1.54, 1.807) is 12.1 Å². The number of hydrogen-bond donors (Lipinski definition) is 2. The molecule has 2 aliphatic rings. The van der Waals surface area contributed by atoms with Gasteiger partial charge in [-0.2, -0.15) is 0 Å². The van der Waals surface area contributed by atoms with Crippen LogP contribution < -0.4 is 10.5 Å². The molecule has 178 valence electrons. The molecule has 1 aromatic rings. The summed E-state index contributed by atoms with van der Waals surface area (Å²) >= 11 is 0. The van der Waals surface area contributed by atoms with E-state index >= 15 is 0 Å². The largest absolute Gasteiger partial charge is 0.354 e. The van der Waals surface area contributed by atoms with Gasteiger partial charge in [-0.1, -0.05) is 25.0 Å². The first-order valence-electron chi connectivity index (χ1n) is 11.7. The van der Waals surface area contributed by atoms with E-state index in [-0.39, 0.29) is 22.8 Å². The summed E-state index contributed by atoms with van der Waals surface area (Å²) in [5.74, 6) is 0.362. The lowest BCUT2D eigenvalue weighted by atomic mass is 9.94. The molecule has 3 N–H and O–H groups in total. The molecule has 0 aromatic heterocycles. The van der Waals surface area contributed by atoms with Crippen LogP contribution in [0.3, 0.4) is 0 Å². The molecular formula is C23H36N4O4S. The number of sulfonamides is 1. The maximum atomic E-state index is 12.9. The number of hydrogen-bond acceptors (Lipinski definition) is 5. The average molecular weight is 465 g/mol. The maximum Gasteiger partial charge on any atom is 0.238 e. The molecular weight excluding hydrogens is 428 g/mol. The molecule has 8 nitrogen and oxygen atoms in total. The van der Waals surface area contributed by atoms with Crippen molar-refractivity contribution in [3.63, 3.8) is 0 Å². The van der Waals surface area contributed by atoms with E-state index in [4.69, 9.17) is 5.14 Å². The SMILES string of the molecule is C[C@H](C(=O)NCCc1ccc(S(N)(=O)=O)cc1)N1CCC(C(=O)N2CCCCCC2)CC1. The smallest absolute Gasteiger partial charge is 0.238 e. The molecule has 2 fully saturated rings. The van der Waals surface area contributed by atoms with Gasteiger partial charge < -0.3 is 10.2 Å². The molecule has 1 aromatic carbocycles. The number of nitrogens with two attached hydrogens (primary N) is 1. The highest BCUT2D eigenvalue weighted by atomic mass is 32.2. The van der Waals surface area contributed by atoms with Gasteiger partial charge in [-0.15, -0.1) is 0 Å². The Labute approximate surface area is 191 Å². The third-order valence-corrected chi connectivity index (χ3v) is 7.62. The molecule has 32 heavy (non-hydrogen) atoms. The fraction of sp³-hybridized carbons (Fsp3) is 0.652. The molecule has 2 heterocycles. The lowest BCUT2D eigenvalue weighted by Gasteiger charge is -2.36. The normalized spacial score (nSPS) is 19.9. The number of benzene rings is 1. The van der Waals surface area contributed by atoms with E-state index in [1.807, 2.05) is 6.92 Å². The van der Waals surface area contributed by atoms with Crippen LogP contribution >= 0.6 is 0 Å². The maximum absolute atomic E-state index is 12.9. The van der Waals surface area contributed by atoms with E-state index in [0.717, 1.165) is 57.4 Å². The summed E-state index contributed by atoms with van der Waals surface area (Å²) in [4.78, 5) is 29.7. The minimum atomic E-state index is -3.69. The van der Waals surface area contributed by atoms with Crippen molar-refractivity contribution >= 4 is 21.8 Å². The van der Waals surface area contributed by atoms with Gasteiger partial charge >= 0.3 is 0 Å². The van der Waals surface area contributed by atoms with Gasteiger partial charge in [0.1, 0.15) is 0 Å². The van der Waals surface area contributed by atoms with Gasteiger partial charge in [-0.25, -0.2) is 13.6 Å². The van der Waals surface area contributed by atoms with Crippen molar-refractivity contribution in [2.45, 2.75) is 62.8 Å². The van der Waals surface area contributed by atoms with Gasteiger partial charge in [0.2, 0.25) is 21.8 Å². The highest BCUT2D eigenvalue weighted by Gasteiger charge is 2.31. The predicted molar refractivity (Wildman–Crippen MR) is 123 cm³/mol. The summed E-state index contributed by atoms with van der Waals surface area (Å²) in [5, 5.41) is 8.08. The second kappa shape index (κ2) is 11.2. The molecule has 2 aliphatic heterocycles. The van der Waals surface area contributed by atoms with Gasteiger partial charge in [-0.05, 0) is 69.8 Å². The Hall–Kier alpha value is -1.97. The predicted octanol–water partition coefficient (Wildman–Crippen LogP) is 1.50. The number of carbonyl (C=O) groups excluding carboxylic acids is 2. The van der Waals surface area contributed by atoms with Gasteiger partial charge in [-0.3, -0.25) is 14.5 Å². The Morgan fingerprint density at radius 1 is 1.03 bits per heavy atom. The quantitative estimate of drug-likeness (QED) is 0.635. The first kappa shape index (κ1) is 24.7. The third-order valence-electron chi connectivity index (χ3n) is 6.69. The molecule has 0 saturated carbocycles. The molecule has 3 rings (SSSR count). The summed E-state index contributed by atoms with van der Waals surface area (Å²) in [7, 11) is -3.69. The average Bonchev–Trinajstić information content (AvgIpc) is 3.07. The number of piperidine rings is 1. The first-order chi connectivity index (χ1) is 15.3. The van der Waals surface area contributed by atoms with Crippen molar-refractivity contribution in [2.75, 3.05) is 32.7 Å². The van der Waals surface area contributed by atoms with Crippen LogP contribution in [0.5, 0.6) is 0 Å². The van der Waals surface area contributed by atoms with E-state index in [9.17, 15) is 18.0 Å². The molecule has 0 radical (unpaired) electrons. The molecule has 2 saturated heterocycles. The topological polar surface area (TPSA) is 113 Å². The fourth-order valence-corrected chi connectivity index (χ4v) is 5.09. The van der Waals surface area contributed by atoms with Gasteiger partial charge in [0.05, 0.1) is 10.9 Å². The van der Waals surface area contributed by atoms with Crippen LogP contribution in [0.15, 0.2) is 29.2 Å². The van der Waals surface area contributed by atoms with Gasteiger partial charge in [0.15, 0.2) is 0 Å². The van der Waals surface area contributed by atoms with Crippen LogP contribution in [0.4, 0.5) is 0 Å². The first-order valence-corrected chi connectivity index (χ1v) is 13.2. The molecule has 1 atom stereocenters. The molecule has 0 aliphatic carbocycles. The number of likely N-dealkylation sites (tertiary alicyclic amines) is 2. The van der Waals surface area contributed by atoms with Crippen molar-refractivity contribution in [1.82, 2.24) is 15.1 Å². The lowest BCUT2D eigenvalue weighted by molar-refractivity contribution is -0.137. The summed E-state index contributed by atoms with van der Waals surface area (Å²) in [6, 6.07) is 6.13. The minimum Gasteiger partial charge on any atom is -0.354 e. The van der Waals surface area contributed by atoms with Crippen LogP contribution in [-0.4, -0.2) is 68.8 Å². The number of carbonyl (C=O) groups is 2. The molecule has 2 amide bonds. The zero-order valence-corrected chi connectivity index (χ0v) is 19.8. The molecule has 0 bridgehead atoms. The van der Waals surface area contributed by atoms with Crippen molar-refractivity contribution in [3.05, 3.63) is 29.8 Å². The van der Waals surface area contributed by atoms with Crippen molar-refractivity contribution in [3.8, 4) is 0 Å². The van der Waals surface area contributed by atoms with E-state index < -0.39 is 10.0 Å². The number of nitrogens with one attached hydrogen (secondary N) is 1. The molecule has 0 unspecified atom stereocenters. The second-order valence-electron chi connectivity index (χ2n) is 8.96. The Morgan fingerprint density at radius 2 is 1.62 bits per heavy atom. The Balaban J connectivity index is 1.40. The number of primary sulfonamides is 1. The number of amides is 2. The number of rotatable bonds is 7. The monoisotopic (exact) mass is 464 g/mol. The van der Waals surface area contributed by atoms with Crippen LogP contribution in [-0.2, 0) is 26.0 Å². The van der Waals surface area contributed by atoms with Crippen molar-refractivity contribution in [1.29, 1.82) is 0 Å². The van der Waals surface area contributed by atoms with Crippen LogP contribution in [0.1, 0.15) is 51.0 Å². The van der Waals surface area contributed by atoms with Crippen molar-refractivity contribution in [2.24, 2.45) is 11.1 Å². The van der Waals surface area contributed by atoms with E-state index in [2.05, 4.69) is 15.1 Å². The number of nitrogens with zero attached hydrogens (tertiary/aromatic N) is 2. The van der Waals surface area contributed by atoms with E-state index in [1.165, 1.54) is 25.0 Å². The fourth-order valence-electron chi connectivity index (χ4n) is 4.57. The highest BCUT2D eigenvalue weighted by Crippen LogP contribution is 2.23. The summed E-state index contributed by atoms with van der Waals surface area (Å²) < 4.78 is 22.6. The highest BCUT2D eigenvalue weighted by molar-refractivity contribution is 7.89. The van der Waals surface area contributed by atoms with Crippen LogP contribution in [0.2, 0.25) is 0 Å². The summed E-state index contributed by atoms with van der Waals surface area (Å²) in [6.07, 6.45) is 6.88. The van der Waals surface area contributed by atoms with Crippen LogP contribution in [0.25, 0.3) is 0 Å². The second-order valence-corrected chi connectivity index (χ2v) is 10.5. The van der Waals surface area contributed by atoms with E-state index in [0.29, 0.717) is 18.9 Å². The molecule has 9 heteroatoms. The van der Waals surface area contributed by atoms with Crippen LogP contribution in [0, 0.1) is 5.92 Å². The minimum absolute atomic E-state index is 0.0246. The lowest BCUT2D eigenvalue weighted by Crippen LogP contribution is -2.50. The molecule has 0 spiro atoms. The zero-order chi connectivity index (χ0) is 23.1.